The van der Waals surface area contributed by atoms with Gasteiger partial charge in [-0.05, 0) is 18.8 Å². The molecular formula is C13H27N. The molecule has 1 fully saturated rings. The summed E-state index contributed by atoms with van der Waals surface area (Å²) in [5.41, 5.74) is 0. The Kier molecular flexibility index (Phi) is 5.54. The van der Waals surface area contributed by atoms with Crippen LogP contribution in [0, 0.1) is 5.92 Å². The van der Waals surface area contributed by atoms with Gasteiger partial charge in [0, 0.05) is 12.1 Å². The summed E-state index contributed by atoms with van der Waals surface area (Å²) in [7, 11) is 0. The Morgan fingerprint density at radius 2 is 1.71 bits per heavy atom. The van der Waals surface area contributed by atoms with E-state index in [4.69, 9.17) is 0 Å². The van der Waals surface area contributed by atoms with E-state index in [0.717, 1.165) is 12.0 Å². The van der Waals surface area contributed by atoms with Crippen LogP contribution in [0.2, 0.25) is 0 Å². The first-order valence-electron chi connectivity index (χ1n) is 6.50. The first-order chi connectivity index (χ1) is 6.74. The fourth-order valence-corrected chi connectivity index (χ4v) is 2.70. The molecule has 1 aliphatic carbocycles. The quantitative estimate of drug-likeness (QED) is 0.727. The number of hydrogen-bond acceptors (Lipinski definition) is 1. The summed E-state index contributed by atoms with van der Waals surface area (Å²) >= 11 is 0. The van der Waals surface area contributed by atoms with Crippen LogP contribution in [-0.2, 0) is 0 Å². The molecule has 0 heterocycles. The van der Waals surface area contributed by atoms with Crippen molar-refractivity contribution < 1.29 is 0 Å². The molecule has 1 heteroatoms. The highest BCUT2D eigenvalue weighted by atomic mass is 14.9. The molecule has 0 bridgehead atoms. The van der Waals surface area contributed by atoms with Crippen molar-refractivity contribution in [2.45, 2.75) is 77.8 Å². The third-order valence-electron chi connectivity index (χ3n) is 3.48. The molecule has 0 aromatic heterocycles. The van der Waals surface area contributed by atoms with Gasteiger partial charge in [-0.15, -0.1) is 0 Å². The van der Waals surface area contributed by atoms with E-state index < -0.39 is 0 Å². The molecule has 0 spiro atoms. The second-order valence-corrected chi connectivity index (χ2v) is 5.09. The van der Waals surface area contributed by atoms with Crippen molar-refractivity contribution in [3.05, 3.63) is 0 Å². The van der Waals surface area contributed by atoms with Gasteiger partial charge < -0.3 is 5.32 Å². The van der Waals surface area contributed by atoms with Crippen LogP contribution in [0.15, 0.2) is 0 Å². The molecule has 84 valence electrons. The predicted octanol–water partition coefficient (Wildman–Crippen LogP) is 3.73. The van der Waals surface area contributed by atoms with Gasteiger partial charge in [0.05, 0.1) is 0 Å². The van der Waals surface area contributed by atoms with E-state index >= 15 is 0 Å². The second kappa shape index (κ2) is 6.44. The summed E-state index contributed by atoms with van der Waals surface area (Å²) in [5, 5.41) is 3.75. The first kappa shape index (κ1) is 12.0. The van der Waals surface area contributed by atoms with E-state index in [1.807, 2.05) is 0 Å². The van der Waals surface area contributed by atoms with Crippen molar-refractivity contribution in [1.29, 1.82) is 0 Å². The van der Waals surface area contributed by atoms with E-state index in [1.165, 1.54) is 44.9 Å². The maximum Gasteiger partial charge on any atom is 0.00975 e. The molecule has 1 N–H and O–H groups in total. The normalized spacial score (nSPS) is 30.0. The maximum absolute atomic E-state index is 3.75. The van der Waals surface area contributed by atoms with Crippen molar-refractivity contribution in [3.8, 4) is 0 Å². The first-order valence-corrected chi connectivity index (χ1v) is 6.50. The van der Waals surface area contributed by atoms with Gasteiger partial charge in [-0.25, -0.2) is 0 Å². The number of hydrogen-bond donors (Lipinski definition) is 1. The van der Waals surface area contributed by atoms with Crippen molar-refractivity contribution in [2.75, 3.05) is 0 Å². The summed E-state index contributed by atoms with van der Waals surface area (Å²) in [6.45, 7) is 6.89. The van der Waals surface area contributed by atoms with Gasteiger partial charge in [0.1, 0.15) is 0 Å². The lowest BCUT2D eigenvalue weighted by Crippen LogP contribution is -2.40. The minimum atomic E-state index is 0.647. The average Bonchev–Trinajstić information content (AvgIpc) is 2.10. The SMILES string of the molecule is CCC1CCCCCCC1NC(C)C. The fourth-order valence-electron chi connectivity index (χ4n) is 2.70. The minimum absolute atomic E-state index is 0.647. The fraction of sp³-hybridized carbons (Fsp3) is 1.00. The highest BCUT2D eigenvalue weighted by Gasteiger charge is 2.21. The largest absolute Gasteiger partial charge is 0.312 e. The molecule has 1 aliphatic rings. The van der Waals surface area contributed by atoms with Gasteiger partial charge in [-0.1, -0.05) is 52.9 Å². The Bertz CT molecular complexity index is 142. The van der Waals surface area contributed by atoms with Gasteiger partial charge >= 0.3 is 0 Å². The van der Waals surface area contributed by atoms with Crippen molar-refractivity contribution in [1.82, 2.24) is 5.32 Å². The van der Waals surface area contributed by atoms with Crippen LogP contribution >= 0.6 is 0 Å². The topological polar surface area (TPSA) is 12.0 Å². The Labute approximate surface area is 89.7 Å². The van der Waals surface area contributed by atoms with Crippen LogP contribution < -0.4 is 5.32 Å². The standard InChI is InChI=1S/C13H27N/c1-4-12-9-7-5-6-8-10-13(12)14-11(2)3/h11-14H,4-10H2,1-3H3. The summed E-state index contributed by atoms with van der Waals surface area (Å²) in [6, 6.07) is 1.44. The molecule has 0 saturated heterocycles. The molecule has 1 nitrogen and oxygen atoms in total. The Morgan fingerprint density at radius 1 is 1.07 bits per heavy atom. The highest BCUT2D eigenvalue weighted by Crippen LogP contribution is 2.25. The summed E-state index contributed by atoms with van der Waals surface area (Å²) in [4.78, 5) is 0. The minimum Gasteiger partial charge on any atom is -0.312 e. The van der Waals surface area contributed by atoms with Crippen LogP contribution in [0.3, 0.4) is 0 Å². The zero-order valence-corrected chi connectivity index (χ0v) is 10.2. The van der Waals surface area contributed by atoms with Gasteiger partial charge in [0.25, 0.3) is 0 Å². The maximum atomic E-state index is 3.75. The molecule has 0 aromatic carbocycles. The molecule has 0 amide bonds. The summed E-state index contributed by atoms with van der Waals surface area (Å²) in [5.74, 6) is 0.928. The molecule has 1 rings (SSSR count). The summed E-state index contributed by atoms with van der Waals surface area (Å²) < 4.78 is 0. The van der Waals surface area contributed by atoms with Crippen LogP contribution in [0.4, 0.5) is 0 Å². The zero-order valence-electron chi connectivity index (χ0n) is 10.2. The molecule has 2 atom stereocenters. The Morgan fingerprint density at radius 3 is 2.29 bits per heavy atom. The molecule has 14 heavy (non-hydrogen) atoms. The predicted molar refractivity (Wildman–Crippen MR) is 63.5 cm³/mol. The smallest absolute Gasteiger partial charge is 0.00975 e. The van der Waals surface area contributed by atoms with Gasteiger partial charge in [-0.3, -0.25) is 0 Å². The van der Waals surface area contributed by atoms with Crippen molar-refractivity contribution in [3.63, 3.8) is 0 Å². The molecule has 0 radical (unpaired) electrons. The average molecular weight is 197 g/mol. The van der Waals surface area contributed by atoms with Gasteiger partial charge in [0.2, 0.25) is 0 Å². The van der Waals surface area contributed by atoms with E-state index in [2.05, 4.69) is 26.1 Å². The highest BCUT2D eigenvalue weighted by molar-refractivity contribution is 4.79. The van der Waals surface area contributed by atoms with Gasteiger partial charge in [-0.2, -0.15) is 0 Å². The molecule has 0 aromatic rings. The van der Waals surface area contributed by atoms with Crippen LogP contribution in [0.5, 0.6) is 0 Å². The molecule has 0 aliphatic heterocycles. The lowest BCUT2D eigenvalue weighted by molar-refractivity contribution is 0.264. The van der Waals surface area contributed by atoms with Crippen molar-refractivity contribution in [2.24, 2.45) is 5.92 Å². The van der Waals surface area contributed by atoms with Crippen molar-refractivity contribution >= 4 is 0 Å². The molecule has 2 unspecified atom stereocenters. The lowest BCUT2D eigenvalue weighted by atomic mass is 9.85. The third-order valence-corrected chi connectivity index (χ3v) is 3.48. The van der Waals surface area contributed by atoms with E-state index in [1.54, 1.807) is 0 Å². The second-order valence-electron chi connectivity index (χ2n) is 5.09. The van der Waals surface area contributed by atoms with E-state index in [9.17, 15) is 0 Å². The van der Waals surface area contributed by atoms with Crippen LogP contribution in [-0.4, -0.2) is 12.1 Å². The molecular weight excluding hydrogens is 170 g/mol. The third kappa shape index (κ3) is 4.00. The Hall–Kier alpha value is -0.0400. The lowest BCUT2D eigenvalue weighted by Gasteiger charge is -2.31. The number of rotatable bonds is 3. The van der Waals surface area contributed by atoms with Crippen LogP contribution in [0.25, 0.3) is 0 Å². The summed E-state index contributed by atoms with van der Waals surface area (Å²) in [6.07, 6.45) is 10.00. The van der Waals surface area contributed by atoms with Gasteiger partial charge in [0.15, 0.2) is 0 Å². The monoisotopic (exact) mass is 197 g/mol. The zero-order chi connectivity index (χ0) is 10.4. The van der Waals surface area contributed by atoms with Crippen LogP contribution in [0.1, 0.15) is 65.7 Å². The number of nitrogens with one attached hydrogen (secondary N) is 1. The molecule has 1 saturated carbocycles. The Balaban J connectivity index is 2.45. The van der Waals surface area contributed by atoms with E-state index in [0.29, 0.717) is 6.04 Å². The van der Waals surface area contributed by atoms with E-state index in [-0.39, 0.29) is 0 Å².